The summed E-state index contributed by atoms with van der Waals surface area (Å²) in [7, 11) is -3.68. The molecular formula is C7H7FO3S2. The van der Waals surface area contributed by atoms with Crippen molar-refractivity contribution >= 4 is 19.4 Å². The van der Waals surface area contributed by atoms with Gasteiger partial charge in [-0.3, -0.25) is 4.55 Å². The number of hydrogen-bond acceptors (Lipinski definition) is 2. The van der Waals surface area contributed by atoms with Crippen molar-refractivity contribution in [2.45, 2.75) is 5.75 Å². The van der Waals surface area contributed by atoms with E-state index >= 15 is 0 Å². The molecule has 0 radical (unpaired) electrons. The normalized spacial score (nSPS) is 15.0. The van der Waals surface area contributed by atoms with Crippen LogP contribution in [0.3, 0.4) is 0 Å². The number of halogens is 1. The Bertz CT molecular complexity index is 402. The maximum absolute atomic E-state index is 12.6. The molecule has 0 spiro atoms. The van der Waals surface area contributed by atoms with E-state index in [2.05, 4.69) is 0 Å². The van der Waals surface area contributed by atoms with Crippen LogP contribution in [0.5, 0.6) is 0 Å². The van der Waals surface area contributed by atoms with Crippen LogP contribution in [0.4, 0.5) is 4.39 Å². The minimum atomic E-state index is -4.04. The summed E-state index contributed by atoms with van der Waals surface area (Å²) >= 11 is 0. The van der Waals surface area contributed by atoms with Crippen molar-refractivity contribution in [2.75, 3.05) is 0 Å². The molecule has 1 unspecified atom stereocenters. The number of rotatable bonds is 2. The van der Waals surface area contributed by atoms with E-state index < -0.39 is 14.9 Å². The SMILES string of the molecule is O=S([O-])(O)=[S+]Cc1cccc(F)c1. The van der Waals surface area contributed by atoms with Gasteiger partial charge in [-0.15, -0.1) is 0 Å². The molecule has 3 nitrogen and oxygen atoms in total. The Morgan fingerprint density at radius 1 is 1.62 bits per heavy atom. The van der Waals surface area contributed by atoms with Gasteiger partial charge < -0.3 is 4.55 Å². The highest BCUT2D eigenvalue weighted by Gasteiger charge is 2.04. The molecule has 1 aromatic carbocycles. The highest BCUT2D eigenvalue weighted by molar-refractivity contribution is 8.33. The smallest absolute Gasteiger partial charge is 0.257 e. The molecule has 0 aliphatic heterocycles. The molecule has 0 heterocycles. The van der Waals surface area contributed by atoms with Crippen LogP contribution >= 0.6 is 0 Å². The van der Waals surface area contributed by atoms with E-state index in [0.29, 0.717) is 15.9 Å². The summed E-state index contributed by atoms with van der Waals surface area (Å²) in [6, 6.07) is 5.55. The number of benzene rings is 1. The van der Waals surface area contributed by atoms with E-state index in [1.54, 1.807) is 6.07 Å². The van der Waals surface area contributed by atoms with Crippen LogP contribution in [-0.2, 0) is 25.1 Å². The van der Waals surface area contributed by atoms with Crippen molar-refractivity contribution in [3.63, 3.8) is 0 Å². The quantitative estimate of drug-likeness (QED) is 0.765. The standard InChI is InChI=1S/C7H7FO3S2/c8-7-3-1-2-6(4-7)5-12-13(9,10)11/h1-4H,5H2,(H-,9,10,11). The molecule has 1 atom stereocenters. The van der Waals surface area contributed by atoms with Crippen molar-refractivity contribution in [3.05, 3.63) is 35.6 Å². The average Bonchev–Trinajstić information content (AvgIpc) is 2.00. The molecule has 1 aromatic rings. The van der Waals surface area contributed by atoms with Gasteiger partial charge in [0, 0.05) is 5.56 Å². The fraction of sp³-hybridized carbons (Fsp3) is 0.143. The lowest BCUT2D eigenvalue weighted by molar-refractivity contribution is 0.432. The molecule has 13 heavy (non-hydrogen) atoms. The zero-order chi connectivity index (χ0) is 9.90. The van der Waals surface area contributed by atoms with Crippen molar-refractivity contribution in [1.29, 1.82) is 0 Å². The van der Waals surface area contributed by atoms with E-state index in [0.717, 1.165) is 0 Å². The maximum atomic E-state index is 12.6. The van der Waals surface area contributed by atoms with E-state index in [9.17, 15) is 13.2 Å². The molecule has 0 saturated carbocycles. The summed E-state index contributed by atoms with van der Waals surface area (Å²) < 4.78 is 41.6. The summed E-state index contributed by atoms with van der Waals surface area (Å²) in [5.41, 5.74) is 0.516. The lowest BCUT2D eigenvalue weighted by atomic mass is 10.2. The molecule has 0 amide bonds. The van der Waals surface area contributed by atoms with Crippen LogP contribution in [-0.4, -0.2) is 13.3 Å². The molecular weight excluding hydrogens is 215 g/mol. The van der Waals surface area contributed by atoms with Crippen LogP contribution in [0, 0.1) is 5.82 Å². The molecule has 0 bridgehead atoms. The number of hydrogen-bond donors (Lipinski definition) is 1. The third kappa shape index (κ3) is 4.28. The first kappa shape index (κ1) is 10.5. The van der Waals surface area contributed by atoms with E-state index in [-0.39, 0.29) is 5.75 Å². The molecule has 1 rings (SSSR count). The van der Waals surface area contributed by atoms with Gasteiger partial charge in [-0.05, 0) is 12.1 Å². The lowest BCUT2D eigenvalue weighted by Crippen LogP contribution is -1.97. The van der Waals surface area contributed by atoms with Crippen LogP contribution in [0.25, 0.3) is 0 Å². The Morgan fingerprint density at radius 2 is 2.31 bits per heavy atom. The fourth-order valence-electron chi connectivity index (χ4n) is 0.769. The second-order valence-electron chi connectivity index (χ2n) is 2.32. The van der Waals surface area contributed by atoms with Crippen molar-refractivity contribution in [3.8, 4) is 0 Å². The molecule has 0 aliphatic carbocycles. The largest absolute Gasteiger partial charge is 0.712 e. The van der Waals surface area contributed by atoms with Gasteiger partial charge in [0.25, 0.3) is 19.4 Å². The summed E-state index contributed by atoms with van der Waals surface area (Å²) in [5, 5.41) is 0. The van der Waals surface area contributed by atoms with Crippen molar-refractivity contribution in [2.24, 2.45) is 0 Å². The monoisotopic (exact) mass is 222 g/mol. The zero-order valence-corrected chi connectivity index (χ0v) is 8.11. The predicted octanol–water partition coefficient (Wildman–Crippen LogP) is 1.21. The third-order valence-electron chi connectivity index (χ3n) is 1.26. The van der Waals surface area contributed by atoms with Crippen molar-refractivity contribution < 1.29 is 17.7 Å². The summed E-state index contributed by atoms with van der Waals surface area (Å²) in [6.07, 6.45) is 0. The van der Waals surface area contributed by atoms with Gasteiger partial charge >= 0.3 is 0 Å². The van der Waals surface area contributed by atoms with Crippen LogP contribution < -0.4 is 0 Å². The van der Waals surface area contributed by atoms with Crippen LogP contribution in [0.15, 0.2) is 24.3 Å². The van der Waals surface area contributed by atoms with Gasteiger partial charge in [-0.1, -0.05) is 12.1 Å². The van der Waals surface area contributed by atoms with E-state index in [1.165, 1.54) is 18.2 Å². The molecule has 1 N–H and O–H groups in total. The molecule has 0 saturated heterocycles. The minimum Gasteiger partial charge on any atom is -0.712 e. The molecule has 6 heteroatoms. The Balaban J connectivity index is 2.82. The molecule has 0 fully saturated rings. The van der Waals surface area contributed by atoms with Gasteiger partial charge in [0.15, 0.2) is 0 Å². The predicted molar refractivity (Wildman–Crippen MR) is 49.0 cm³/mol. The van der Waals surface area contributed by atoms with E-state index in [4.69, 9.17) is 4.55 Å². The second-order valence-corrected chi connectivity index (χ2v) is 5.67. The first-order valence-corrected chi connectivity index (χ1v) is 6.28. The van der Waals surface area contributed by atoms with Gasteiger partial charge in [-0.25, -0.2) is 4.39 Å². The molecule has 0 aliphatic rings. The zero-order valence-electron chi connectivity index (χ0n) is 6.47. The third-order valence-corrected chi connectivity index (χ3v) is 3.26. The average molecular weight is 222 g/mol. The van der Waals surface area contributed by atoms with Gasteiger partial charge in [0.1, 0.15) is 5.82 Å². The topological polar surface area (TPSA) is 60.4 Å². The molecule has 72 valence electrons. The minimum absolute atomic E-state index is 0.0383. The maximum Gasteiger partial charge on any atom is 0.257 e. The van der Waals surface area contributed by atoms with E-state index in [1.807, 2.05) is 0 Å². The van der Waals surface area contributed by atoms with Crippen LogP contribution in [0.2, 0.25) is 0 Å². The summed E-state index contributed by atoms with van der Waals surface area (Å²) in [4.78, 5) is 0. The highest BCUT2D eigenvalue weighted by atomic mass is 32.9. The van der Waals surface area contributed by atoms with Gasteiger partial charge in [-0.2, -0.15) is 4.21 Å². The summed E-state index contributed by atoms with van der Waals surface area (Å²) in [5.74, 6) is -0.384. The van der Waals surface area contributed by atoms with Gasteiger partial charge in [0.05, 0.1) is 0 Å². The Morgan fingerprint density at radius 3 is 2.85 bits per heavy atom. The Hall–Kier alpha value is -0.560. The summed E-state index contributed by atoms with van der Waals surface area (Å²) in [6.45, 7) is 0. The lowest BCUT2D eigenvalue weighted by Gasteiger charge is -1.93. The van der Waals surface area contributed by atoms with Crippen LogP contribution in [0.1, 0.15) is 5.56 Å². The Labute approximate surface area is 78.9 Å². The Kier molecular flexibility index (Phi) is 3.32. The highest BCUT2D eigenvalue weighted by Crippen LogP contribution is 2.04. The van der Waals surface area contributed by atoms with Crippen molar-refractivity contribution in [1.82, 2.24) is 0 Å². The fourth-order valence-corrected chi connectivity index (χ4v) is 2.09. The second kappa shape index (κ2) is 4.10. The molecule has 0 aromatic heterocycles. The first-order chi connectivity index (χ1) is 5.97. The van der Waals surface area contributed by atoms with Gasteiger partial charge in [0.2, 0.25) is 5.75 Å². The first-order valence-electron chi connectivity index (χ1n) is 3.34.